The van der Waals surface area contributed by atoms with Crippen LogP contribution in [0.2, 0.25) is 0 Å². The standard InChI is InChI=1S/C29H24FN3O3/c1-18-12-20(13-21-14-22(30)15-24(29(32)34)28(21)35-2)8-9-23(18)27-25(16-31)26(10-11-33-27)36-17-19-6-4-3-5-7-19/h3-12,14-15H,13,17H2,1-2H3,(H2,32,34). The van der Waals surface area contributed by atoms with Crippen LogP contribution < -0.4 is 15.2 Å². The summed E-state index contributed by atoms with van der Waals surface area (Å²) < 4.78 is 25.4. The molecule has 0 fully saturated rings. The topological polar surface area (TPSA) is 98.2 Å². The van der Waals surface area contributed by atoms with Crippen molar-refractivity contribution in [3.05, 3.63) is 112 Å². The van der Waals surface area contributed by atoms with E-state index in [0.717, 1.165) is 28.3 Å². The molecular weight excluding hydrogens is 457 g/mol. The van der Waals surface area contributed by atoms with Gasteiger partial charge in [0, 0.05) is 23.7 Å². The van der Waals surface area contributed by atoms with Crippen molar-refractivity contribution in [2.45, 2.75) is 20.0 Å². The number of nitriles is 1. The van der Waals surface area contributed by atoms with Gasteiger partial charge in [-0.2, -0.15) is 5.26 Å². The summed E-state index contributed by atoms with van der Waals surface area (Å²) in [6, 6.07) is 21.7. The fourth-order valence-electron chi connectivity index (χ4n) is 4.14. The summed E-state index contributed by atoms with van der Waals surface area (Å²) in [5.41, 5.74) is 10.3. The van der Waals surface area contributed by atoms with Gasteiger partial charge in [-0.3, -0.25) is 9.78 Å². The molecule has 0 aliphatic heterocycles. The summed E-state index contributed by atoms with van der Waals surface area (Å²) >= 11 is 0. The van der Waals surface area contributed by atoms with Crippen LogP contribution in [0, 0.1) is 24.1 Å². The third-order valence-electron chi connectivity index (χ3n) is 5.80. The zero-order valence-electron chi connectivity index (χ0n) is 19.9. The lowest BCUT2D eigenvalue weighted by Crippen LogP contribution is -2.14. The molecule has 0 radical (unpaired) electrons. The Morgan fingerprint density at radius 1 is 1.08 bits per heavy atom. The van der Waals surface area contributed by atoms with Crippen LogP contribution in [0.15, 0.2) is 72.9 Å². The highest BCUT2D eigenvalue weighted by Crippen LogP contribution is 2.33. The molecule has 0 unspecified atom stereocenters. The van der Waals surface area contributed by atoms with Gasteiger partial charge in [-0.1, -0.05) is 48.5 Å². The van der Waals surface area contributed by atoms with Gasteiger partial charge in [0.05, 0.1) is 18.4 Å². The van der Waals surface area contributed by atoms with Crippen LogP contribution >= 0.6 is 0 Å². The van der Waals surface area contributed by atoms with E-state index in [0.29, 0.717) is 35.6 Å². The molecule has 4 rings (SSSR count). The Morgan fingerprint density at radius 2 is 1.86 bits per heavy atom. The van der Waals surface area contributed by atoms with Crippen LogP contribution in [0.4, 0.5) is 4.39 Å². The second-order valence-corrected chi connectivity index (χ2v) is 8.25. The van der Waals surface area contributed by atoms with Crippen LogP contribution in [0.5, 0.6) is 11.5 Å². The summed E-state index contributed by atoms with van der Waals surface area (Å²) in [6.45, 7) is 2.25. The summed E-state index contributed by atoms with van der Waals surface area (Å²) in [6.07, 6.45) is 1.94. The van der Waals surface area contributed by atoms with E-state index in [1.165, 1.54) is 13.2 Å². The van der Waals surface area contributed by atoms with Gasteiger partial charge in [0.15, 0.2) is 0 Å². The quantitative estimate of drug-likeness (QED) is 0.366. The first-order valence-electron chi connectivity index (χ1n) is 11.2. The molecule has 0 saturated carbocycles. The van der Waals surface area contributed by atoms with E-state index in [4.69, 9.17) is 15.2 Å². The second-order valence-electron chi connectivity index (χ2n) is 8.25. The number of hydrogen-bond donors (Lipinski definition) is 1. The van der Waals surface area contributed by atoms with E-state index in [1.807, 2.05) is 55.5 Å². The minimum absolute atomic E-state index is 0.00368. The zero-order chi connectivity index (χ0) is 25.7. The number of hydrogen-bond acceptors (Lipinski definition) is 5. The number of amides is 1. The van der Waals surface area contributed by atoms with Gasteiger partial charge in [-0.25, -0.2) is 4.39 Å². The van der Waals surface area contributed by atoms with Crippen LogP contribution in [-0.2, 0) is 13.0 Å². The lowest BCUT2D eigenvalue weighted by Gasteiger charge is -2.15. The number of primary amides is 1. The number of carbonyl (C=O) groups excluding carboxylic acids is 1. The number of methoxy groups -OCH3 is 1. The lowest BCUT2D eigenvalue weighted by atomic mass is 9.95. The molecule has 4 aromatic rings. The molecule has 0 spiro atoms. The van der Waals surface area contributed by atoms with E-state index in [9.17, 15) is 14.4 Å². The number of aromatic nitrogens is 1. The Hall–Kier alpha value is -4.70. The van der Waals surface area contributed by atoms with Gasteiger partial charge >= 0.3 is 0 Å². The van der Waals surface area contributed by atoms with E-state index < -0.39 is 11.7 Å². The van der Waals surface area contributed by atoms with Gasteiger partial charge in [0.1, 0.15) is 35.6 Å². The Bertz CT molecular complexity index is 1460. The highest BCUT2D eigenvalue weighted by atomic mass is 19.1. The molecule has 2 N–H and O–H groups in total. The Kier molecular flexibility index (Phi) is 7.26. The molecule has 0 bridgehead atoms. The minimum Gasteiger partial charge on any atom is -0.496 e. The fourth-order valence-corrected chi connectivity index (χ4v) is 4.14. The van der Waals surface area contributed by atoms with Crippen LogP contribution in [0.25, 0.3) is 11.3 Å². The molecule has 180 valence electrons. The number of benzene rings is 3. The van der Waals surface area contributed by atoms with Crippen molar-refractivity contribution >= 4 is 5.91 Å². The number of pyridine rings is 1. The molecule has 1 aromatic heterocycles. The maximum absolute atomic E-state index is 14.2. The van der Waals surface area contributed by atoms with E-state index in [1.54, 1.807) is 12.3 Å². The van der Waals surface area contributed by atoms with Crippen molar-refractivity contribution in [2.24, 2.45) is 5.73 Å². The summed E-state index contributed by atoms with van der Waals surface area (Å²) in [5, 5.41) is 9.90. The maximum Gasteiger partial charge on any atom is 0.252 e. The molecule has 1 heterocycles. The van der Waals surface area contributed by atoms with E-state index in [-0.39, 0.29) is 11.3 Å². The molecule has 0 atom stereocenters. The monoisotopic (exact) mass is 481 g/mol. The summed E-state index contributed by atoms with van der Waals surface area (Å²) in [5.74, 6) is -0.618. The van der Waals surface area contributed by atoms with Crippen molar-refractivity contribution < 1.29 is 18.7 Å². The molecule has 6 nitrogen and oxygen atoms in total. The molecule has 0 aliphatic rings. The number of ether oxygens (including phenoxy) is 2. The van der Waals surface area contributed by atoms with Crippen molar-refractivity contribution in [3.8, 4) is 28.8 Å². The first kappa shape index (κ1) is 24.4. The van der Waals surface area contributed by atoms with Crippen molar-refractivity contribution in [3.63, 3.8) is 0 Å². The number of nitrogens with two attached hydrogens (primary N) is 1. The normalized spacial score (nSPS) is 10.5. The second kappa shape index (κ2) is 10.7. The molecular formula is C29H24FN3O3. The predicted molar refractivity (Wildman–Crippen MR) is 134 cm³/mol. The van der Waals surface area contributed by atoms with Gasteiger partial charge < -0.3 is 15.2 Å². The van der Waals surface area contributed by atoms with E-state index >= 15 is 0 Å². The number of halogens is 1. The number of aryl methyl sites for hydroxylation is 1. The van der Waals surface area contributed by atoms with E-state index in [2.05, 4.69) is 11.1 Å². The Balaban J connectivity index is 1.64. The highest BCUT2D eigenvalue weighted by molar-refractivity contribution is 5.96. The smallest absolute Gasteiger partial charge is 0.252 e. The van der Waals surface area contributed by atoms with Crippen LogP contribution in [0.3, 0.4) is 0 Å². The first-order valence-corrected chi connectivity index (χ1v) is 11.2. The van der Waals surface area contributed by atoms with Crippen molar-refractivity contribution in [2.75, 3.05) is 7.11 Å². The van der Waals surface area contributed by atoms with Crippen LogP contribution in [-0.4, -0.2) is 18.0 Å². The number of carbonyl (C=O) groups is 1. The minimum atomic E-state index is -0.761. The van der Waals surface area contributed by atoms with Crippen molar-refractivity contribution in [1.29, 1.82) is 5.26 Å². The molecule has 1 amide bonds. The predicted octanol–water partition coefficient (Wildman–Crippen LogP) is 5.35. The van der Waals surface area contributed by atoms with Gasteiger partial charge in [0.2, 0.25) is 0 Å². The fraction of sp³-hybridized carbons (Fsp3) is 0.138. The third-order valence-corrected chi connectivity index (χ3v) is 5.80. The zero-order valence-corrected chi connectivity index (χ0v) is 19.9. The summed E-state index contributed by atoms with van der Waals surface area (Å²) in [7, 11) is 1.42. The first-order chi connectivity index (χ1) is 17.4. The average Bonchev–Trinajstić information content (AvgIpc) is 2.87. The SMILES string of the molecule is COc1c(Cc2ccc(-c3nccc(OCc4ccccc4)c3C#N)c(C)c2)cc(F)cc1C(N)=O. The molecule has 3 aromatic carbocycles. The largest absolute Gasteiger partial charge is 0.496 e. The van der Waals surface area contributed by atoms with Gasteiger partial charge in [-0.15, -0.1) is 0 Å². The maximum atomic E-state index is 14.2. The van der Waals surface area contributed by atoms with Crippen molar-refractivity contribution in [1.82, 2.24) is 4.98 Å². The lowest BCUT2D eigenvalue weighted by molar-refractivity contribution is 0.0996. The third kappa shape index (κ3) is 5.18. The molecule has 7 heteroatoms. The molecule has 0 aliphatic carbocycles. The number of rotatable bonds is 8. The van der Waals surface area contributed by atoms with Gasteiger partial charge in [0.25, 0.3) is 5.91 Å². The number of nitrogens with zero attached hydrogens (tertiary/aromatic N) is 2. The Labute approximate surface area is 208 Å². The molecule has 36 heavy (non-hydrogen) atoms. The average molecular weight is 482 g/mol. The van der Waals surface area contributed by atoms with Crippen LogP contribution in [0.1, 0.15) is 38.2 Å². The highest BCUT2D eigenvalue weighted by Gasteiger charge is 2.18. The Morgan fingerprint density at radius 3 is 2.53 bits per heavy atom. The van der Waals surface area contributed by atoms with Gasteiger partial charge in [-0.05, 0) is 41.8 Å². The molecule has 0 saturated heterocycles. The summed E-state index contributed by atoms with van der Waals surface area (Å²) in [4.78, 5) is 16.2.